The first-order valence-electron chi connectivity index (χ1n) is 10.7. The fourth-order valence-electron chi connectivity index (χ4n) is 4.27. The van der Waals surface area contributed by atoms with Gasteiger partial charge in [0, 0.05) is 12.5 Å². The lowest BCUT2D eigenvalue weighted by Gasteiger charge is -2.32. The molecule has 1 aromatic rings. The highest BCUT2D eigenvalue weighted by Crippen LogP contribution is 2.47. The van der Waals surface area contributed by atoms with Gasteiger partial charge >= 0.3 is 18.0 Å². The van der Waals surface area contributed by atoms with Gasteiger partial charge < -0.3 is 14.2 Å². The Morgan fingerprint density at radius 1 is 1.12 bits per heavy atom. The van der Waals surface area contributed by atoms with Gasteiger partial charge in [0.1, 0.15) is 17.4 Å². The van der Waals surface area contributed by atoms with E-state index in [0.29, 0.717) is 0 Å². The molecule has 1 aliphatic rings. The molecule has 0 saturated carbocycles. The zero-order chi connectivity index (χ0) is 24.1. The van der Waals surface area contributed by atoms with Crippen LogP contribution in [0.4, 0.5) is 4.79 Å². The summed E-state index contributed by atoms with van der Waals surface area (Å²) in [6, 6.07) is 8.14. The van der Waals surface area contributed by atoms with Gasteiger partial charge in [0.15, 0.2) is 0 Å². The maximum absolute atomic E-state index is 13.1. The van der Waals surface area contributed by atoms with E-state index in [9.17, 15) is 19.2 Å². The van der Waals surface area contributed by atoms with Gasteiger partial charge in [0.05, 0.1) is 25.6 Å². The SMILES string of the molecule is CCOC(=O)[C@@H]1[C@@H](CC(=O)OC)[C@@](Cc2ccccc2)(C(C)=O)CN1C(=O)OC(C)(C)C. The van der Waals surface area contributed by atoms with Gasteiger partial charge in [-0.25, -0.2) is 9.59 Å². The van der Waals surface area contributed by atoms with Gasteiger partial charge in [-0.3, -0.25) is 14.5 Å². The van der Waals surface area contributed by atoms with Crippen LogP contribution in [0.25, 0.3) is 0 Å². The van der Waals surface area contributed by atoms with E-state index < -0.39 is 41.0 Å². The first-order chi connectivity index (χ1) is 14.9. The smallest absolute Gasteiger partial charge is 0.411 e. The standard InChI is InChI=1S/C24H33NO7/c1-7-31-21(28)20-18(13-19(27)30-6)24(16(2)26,14-17-11-9-8-10-12-17)15-25(20)22(29)32-23(3,4)5/h8-12,18,20H,7,13-15H2,1-6H3/t18-,20+,24-/m1/s1. The number of carbonyl (C=O) groups excluding carboxylic acids is 4. The normalized spacial score (nSPS) is 22.9. The number of likely N-dealkylation sites (tertiary alicyclic amines) is 1. The fourth-order valence-corrected chi connectivity index (χ4v) is 4.27. The third kappa shape index (κ3) is 5.66. The van der Waals surface area contributed by atoms with Crippen LogP contribution in [0.3, 0.4) is 0 Å². The molecule has 32 heavy (non-hydrogen) atoms. The Hall–Kier alpha value is -2.90. The second-order valence-electron chi connectivity index (χ2n) is 9.07. The highest BCUT2D eigenvalue weighted by Gasteiger charge is 2.60. The van der Waals surface area contributed by atoms with Gasteiger partial charge in [0.2, 0.25) is 0 Å². The van der Waals surface area contributed by atoms with Crippen molar-refractivity contribution in [3.8, 4) is 0 Å². The number of methoxy groups -OCH3 is 1. The van der Waals surface area contributed by atoms with Crippen molar-refractivity contribution in [1.29, 1.82) is 0 Å². The second-order valence-corrected chi connectivity index (χ2v) is 9.07. The van der Waals surface area contributed by atoms with Crippen molar-refractivity contribution in [2.75, 3.05) is 20.3 Å². The summed E-state index contributed by atoms with van der Waals surface area (Å²) in [4.78, 5) is 52.9. The molecule has 1 amide bonds. The number of nitrogens with zero attached hydrogens (tertiary/aromatic N) is 1. The molecule has 0 aliphatic carbocycles. The van der Waals surface area contributed by atoms with E-state index in [-0.39, 0.29) is 31.8 Å². The minimum absolute atomic E-state index is 0.0721. The van der Waals surface area contributed by atoms with Crippen LogP contribution in [0.2, 0.25) is 0 Å². The molecule has 0 aromatic heterocycles. The molecule has 1 heterocycles. The Morgan fingerprint density at radius 3 is 2.25 bits per heavy atom. The highest BCUT2D eigenvalue weighted by atomic mass is 16.6. The Balaban J connectivity index is 2.62. The minimum atomic E-state index is -1.19. The van der Waals surface area contributed by atoms with Crippen LogP contribution in [0.5, 0.6) is 0 Å². The predicted octanol–water partition coefficient (Wildman–Crippen LogP) is 3.17. The highest BCUT2D eigenvalue weighted by molar-refractivity contribution is 5.91. The minimum Gasteiger partial charge on any atom is -0.469 e. The molecule has 0 bridgehead atoms. The largest absolute Gasteiger partial charge is 0.469 e. The topological polar surface area (TPSA) is 99.2 Å². The lowest BCUT2D eigenvalue weighted by molar-refractivity contribution is -0.152. The molecule has 0 radical (unpaired) electrons. The molecule has 176 valence electrons. The monoisotopic (exact) mass is 447 g/mol. The number of esters is 2. The summed E-state index contributed by atoms with van der Waals surface area (Å²) < 4.78 is 15.7. The lowest BCUT2D eigenvalue weighted by atomic mass is 9.67. The summed E-state index contributed by atoms with van der Waals surface area (Å²) in [5.74, 6) is -2.31. The van der Waals surface area contributed by atoms with Crippen molar-refractivity contribution in [3.63, 3.8) is 0 Å². The molecule has 1 saturated heterocycles. The number of Topliss-reactive ketones (excluding diaryl/α,β-unsaturated/α-hetero) is 1. The summed E-state index contributed by atoms with van der Waals surface area (Å²) in [6.45, 7) is 8.25. The van der Waals surface area contributed by atoms with Crippen LogP contribution >= 0.6 is 0 Å². The number of benzene rings is 1. The van der Waals surface area contributed by atoms with E-state index in [1.807, 2.05) is 30.3 Å². The second kappa shape index (κ2) is 10.1. The molecule has 0 unspecified atom stereocenters. The first kappa shape index (κ1) is 25.4. The Bertz CT molecular complexity index is 846. The zero-order valence-electron chi connectivity index (χ0n) is 19.7. The number of ether oxygens (including phenoxy) is 3. The first-order valence-corrected chi connectivity index (χ1v) is 10.7. The van der Waals surface area contributed by atoms with Gasteiger partial charge in [-0.15, -0.1) is 0 Å². The molecule has 8 nitrogen and oxygen atoms in total. The van der Waals surface area contributed by atoms with E-state index in [2.05, 4.69) is 0 Å². The Labute approximate surface area is 189 Å². The van der Waals surface area contributed by atoms with Crippen LogP contribution in [-0.4, -0.2) is 60.6 Å². The number of rotatable bonds is 7. The van der Waals surface area contributed by atoms with Crippen LogP contribution in [0.1, 0.15) is 46.6 Å². The molecule has 1 aliphatic heterocycles. The van der Waals surface area contributed by atoms with Crippen LogP contribution in [0, 0.1) is 11.3 Å². The Morgan fingerprint density at radius 2 is 1.75 bits per heavy atom. The zero-order valence-corrected chi connectivity index (χ0v) is 19.7. The van der Waals surface area contributed by atoms with Crippen molar-refractivity contribution in [1.82, 2.24) is 4.90 Å². The van der Waals surface area contributed by atoms with E-state index in [0.717, 1.165) is 5.56 Å². The van der Waals surface area contributed by atoms with Crippen molar-refractivity contribution >= 4 is 23.8 Å². The van der Waals surface area contributed by atoms with Crippen molar-refractivity contribution in [3.05, 3.63) is 35.9 Å². The molecule has 2 rings (SSSR count). The predicted molar refractivity (Wildman–Crippen MR) is 117 cm³/mol. The average molecular weight is 448 g/mol. The number of carbonyl (C=O) groups is 4. The molecule has 8 heteroatoms. The Kier molecular flexibility index (Phi) is 8.04. The molecule has 1 aromatic carbocycles. The number of amides is 1. The molecule has 0 spiro atoms. The summed E-state index contributed by atoms with van der Waals surface area (Å²) in [5, 5.41) is 0. The number of ketones is 1. The van der Waals surface area contributed by atoms with Gasteiger partial charge in [0.25, 0.3) is 0 Å². The van der Waals surface area contributed by atoms with E-state index >= 15 is 0 Å². The van der Waals surface area contributed by atoms with E-state index in [1.54, 1.807) is 27.7 Å². The lowest BCUT2D eigenvalue weighted by Crippen LogP contribution is -2.47. The average Bonchev–Trinajstić information content (AvgIpc) is 3.03. The molecule has 3 atom stereocenters. The van der Waals surface area contributed by atoms with Crippen molar-refractivity contribution in [2.45, 2.75) is 59.1 Å². The molecular formula is C24H33NO7. The van der Waals surface area contributed by atoms with Crippen LogP contribution < -0.4 is 0 Å². The summed E-state index contributed by atoms with van der Waals surface area (Å²) in [5.41, 5.74) is -1.15. The maximum Gasteiger partial charge on any atom is 0.411 e. The van der Waals surface area contributed by atoms with E-state index in [4.69, 9.17) is 14.2 Å². The van der Waals surface area contributed by atoms with Crippen molar-refractivity contribution < 1.29 is 33.4 Å². The maximum atomic E-state index is 13.1. The van der Waals surface area contributed by atoms with Crippen LogP contribution in [-0.2, 0) is 35.0 Å². The quantitative estimate of drug-likeness (QED) is 0.468. The van der Waals surface area contributed by atoms with Gasteiger partial charge in [-0.1, -0.05) is 30.3 Å². The van der Waals surface area contributed by atoms with Gasteiger partial charge in [-0.2, -0.15) is 0 Å². The van der Waals surface area contributed by atoms with Crippen molar-refractivity contribution in [2.24, 2.45) is 11.3 Å². The number of hydrogen-bond donors (Lipinski definition) is 0. The van der Waals surface area contributed by atoms with Crippen LogP contribution in [0.15, 0.2) is 30.3 Å². The third-order valence-electron chi connectivity index (χ3n) is 5.71. The molecule has 0 N–H and O–H groups in total. The molecular weight excluding hydrogens is 414 g/mol. The summed E-state index contributed by atoms with van der Waals surface area (Å²) in [7, 11) is 1.24. The summed E-state index contributed by atoms with van der Waals surface area (Å²) >= 11 is 0. The van der Waals surface area contributed by atoms with Gasteiger partial charge in [-0.05, 0) is 46.6 Å². The fraction of sp³-hybridized carbons (Fsp3) is 0.583. The summed E-state index contributed by atoms with van der Waals surface area (Å²) in [6.07, 6.45) is -0.701. The third-order valence-corrected chi connectivity index (χ3v) is 5.71. The number of hydrogen-bond acceptors (Lipinski definition) is 7. The molecule has 1 fully saturated rings. The van der Waals surface area contributed by atoms with E-state index in [1.165, 1.54) is 18.9 Å².